The molecule has 0 aliphatic carbocycles. The molecule has 1 unspecified atom stereocenters. The van der Waals surface area contributed by atoms with E-state index in [1.165, 1.54) is 53.3 Å². The number of hydrogen-bond acceptors (Lipinski definition) is 11. The number of anilines is 1. The van der Waals surface area contributed by atoms with Gasteiger partial charge in [0.1, 0.15) is 0 Å². The maximum Gasteiger partial charge on any atom is 0.296 e. The van der Waals surface area contributed by atoms with E-state index in [0.717, 1.165) is 5.56 Å². The SMILES string of the molecule is CCOc1cc(C2C(C(=O)c3cc4cccc(OC)c4o3)=C(O)C(=O)N2c2nnc(SCc3ccccc3)s2)ccc1O. The highest BCUT2D eigenvalue weighted by molar-refractivity contribution is 8.00. The predicted molar refractivity (Wildman–Crippen MR) is 162 cm³/mol. The second-order valence-corrected chi connectivity index (χ2v) is 11.6. The number of nitrogens with zero attached hydrogens (tertiary/aromatic N) is 3. The first-order chi connectivity index (χ1) is 20.9. The van der Waals surface area contributed by atoms with E-state index in [9.17, 15) is 19.8 Å². The van der Waals surface area contributed by atoms with E-state index >= 15 is 0 Å². The third-order valence-electron chi connectivity index (χ3n) is 6.81. The van der Waals surface area contributed by atoms with Gasteiger partial charge in [-0.15, -0.1) is 10.2 Å². The molecule has 43 heavy (non-hydrogen) atoms. The van der Waals surface area contributed by atoms with Gasteiger partial charge in [-0.05, 0) is 42.3 Å². The molecule has 1 aliphatic heterocycles. The van der Waals surface area contributed by atoms with Crippen LogP contribution < -0.4 is 14.4 Å². The van der Waals surface area contributed by atoms with Gasteiger partial charge in [0.2, 0.25) is 10.9 Å². The molecule has 0 bridgehead atoms. The Morgan fingerprint density at radius 2 is 1.86 bits per heavy atom. The third kappa shape index (κ3) is 5.30. The van der Waals surface area contributed by atoms with E-state index in [1.807, 2.05) is 30.3 Å². The number of para-hydroxylation sites is 1. The molecule has 5 aromatic rings. The van der Waals surface area contributed by atoms with Crippen LogP contribution in [0.2, 0.25) is 0 Å². The fraction of sp³-hybridized carbons (Fsp3) is 0.161. The van der Waals surface area contributed by atoms with E-state index in [2.05, 4.69) is 10.2 Å². The van der Waals surface area contributed by atoms with Crippen LogP contribution in [0.4, 0.5) is 5.13 Å². The Morgan fingerprint density at radius 3 is 2.63 bits per heavy atom. The topological polar surface area (TPSA) is 135 Å². The van der Waals surface area contributed by atoms with Crippen molar-refractivity contribution < 1.29 is 33.7 Å². The number of carbonyl (C=O) groups is 2. The Labute approximate surface area is 254 Å². The highest BCUT2D eigenvalue weighted by atomic mass is 32.2. The standard InChI is InChI=1S/C31H25N3O7S2/c1-3-40-22-14-18(12-13-20(22)35)25-24(26(36)23-15-19-10-7-11-21(39-2)28(19)41-23)27(37)29(38)34(25)30-32-33-31(43-30)42-16-17-8-5-4-6-9-17/h4-15,25,35,37H,3,16H2,1-2H3. The van der Waals surface area contributed by atoms with E-state index in [-0.39, 0.29) is 34.6 Å². The minimum absolute atomic E-state index is 0.0825. The lowest BCUT2D eigenvalue weighted by atomic mass is 9.95. The zero-order valence-electron chi connectivity index (χ0n) is 23.0. The molecule has 0 radical (unpaired) electrons. The highest BCUT2D eigenvalue weighted by Gasteiger charge is 2.47. The summed E-state index contributed by atoms with van der Waals surface area (Å²) < 4.78 is 17.4. The number of rotatable bonds is 10. The summed E-state index contributed by atoms with van der Waals surface area (Å²) in [6, 6.07) is 20.0. The number of aromatic hydroxyl groups is 1. The number of aliphatic hydroxyl groups excluding tert-OH is 1. The first-order valence-corrected chi connectivity index (χ1v) is 15.0. The number of thioether (sulfide) groups is 1. The molecule has 1 amide bonds. The van der Waals surface area contributed by atoms with Gasteiger partial charge in [0.15, 0.2) is 38.7 Å². The molecular formula is C31H25N3O7S2. The minimum Gasteiger partial charge on any atom is -0.504 e. The summed E-state index contributed by atoms with van der Waals surface area (Å²) in [5, 5.41) is 30.9. The smallest absolute Gasteiger partial charge is 0.296 e. The maximum absolute atomic E-state index is 14.0. The normalized spacial score (nSPS) is 15.0. The molecule has 1 aliphatic rings. The van der Waals surface area contributed by atoms with Crippen LogP contribution in [0.25, 0.3) is 11.0 Å². The molecule has 10 nitrogen and oxygen atoms in total. The summed E-state index contributed by atoms with van der Waals surface area (Å²) in [6.45, 7) is 2.04. The Morgan fingerprint density at radius 1 is 1.05 bits per heavy atom. The largest absolute Gasteiger partial charge is 0.504 e. The van der Waals surface area contributed by atoms with Crippen molar-refractivity contribution in [1.82, 2.24) is 10.2 Å². The van der Waals surface area contributed by atoms with Crippen LogP contribution in [0.5, 0.6) is 17.2 Å². The number of Topliss-reactive ketones (excluding diaryl/α,β-unsaturated/α-hetero) is 1. The molecule has 6 rings (SSSR count). The number of ether oxygens (including phenoxy) is 2. The molecule has 218 valence electrons. The van der Waals surface area contributed by atoms with Gasteiger partial charge in [0.05, 0.1) is 25.3 Å². The number of methoxy groups -OCH3 is 1. The molecular weight excluding hydrogens is 590 g/mol. The molecule has 2 aromatic heterocycles. The number of ketones is 1. The zero-order chi connectivity index (χ0) is 30.1. The number of phenols is 1. The van der Waals surface area contributed by atoms with Crippen LogP contribution in [0.15, 0.2) is 92.9 Å². The Balaban J connectivity index is 1.41. The maximum atomic E-state index is 14.0. The van der Waals surface area contributed by atoms with E-state index in [4.69, 9.17) is 13.9 Å². The first-order valence-electron chi connectivity index (χ1n) is 13.2. The van der Waals surface area contributed by atoms with Gasteiger partial charge in [-0.1, -0.05) is 71.6 Å². The highest BCUT2D eigenvalue weighted by Crippen LogP contribution is 2.46. The lowest BCUT2D eigenvalue weighted by Crippen LogP contribution is -2.31. The average Bonchev–Trinajstić information content (AvgIpc) is 3.74. The van der Waals surface area contributed by atoms with Crippen molar-refractivity contribution in [3.8, 4) is 17.2 Å². The number of aliphatic hydroxyl groups is 1. The third-order valence-corrected chi connectivity index (χ3v) is 8.94. The van der Waals surface area contributed by atoms with Gasteiger partial charge in [-0.25, -0.2) is 0 Å². The van der Waals surface area contributed by atoms with Gasteiger partial charge in [-0.3, -0.25) is 14.5 Å². The summed E-state index contributed by atoms with van der Waals surface area (Å²) in [4.78, 5) is 28.9. The van der Waals surface area contributed by atoms with Gasteiger partial charge < -0.3 is 24.1 Å². The summed E-state index contributed by atoms with van der Waals surface area (Å²) >= 11 is 2.62. The second kappa shape index (κ2) is 11.8. The summed E-state index contributed by atoms with van der Waals surface area (Å²) in [5.41, 5.74) is 1.66. The van der Waals surface area contributed by atoms with Crippen LogP contribution in [-0.2, 0) is 10.5 Å². The van der Waals surface area contributed by atoms with Crippen molar-refractivity contribution in [2.24, 2.45) is 0 Å². The van der Waals surface area contributed by atoms with Gasteiger partial charge >= 0.3 is 0 Å². The predicted octanol–water partition coefficient (Wildman–Crippen LogP) is 6.47. The summed E-state index contributed by atoms with van der Waals surface area (Å²) in [6.07, 6.45) is 0. The Hall–Kier alpha value is -4.81. The monoisotopic (exact) mass is 615 g/mol. The van der Waals surface area contributed by atoms with Crippen LogP contribution in [-0.4, -0.2) is 45.8 Å². The molecule has 3 heterocycles. The van der Waals surface area contributed by atoms with E-state index in [0.29, 0.717) is 32.4 Å². The van der Waals surface area contributed by atoms with Crippen molar-refractivity contribution in [3.63, 3.8) is 0 Å². The van der Waals surface area contributed by atoms with Crippen molar-refractivity contribution in [3.05, 3.63) is 101 Å². The van der Waals surface area contributed by atoms with E-state index < -0.39 is 23.5 Å². The number of hydrogen-bond donors (Lipinski definition) is 2. The number of furan rings is 1. The summed E-state index contributed by atoms with van der Waals surface area (Å²) in [5.74, 6) is -1.19. The van der Waals surface area contributed by atoms with Crippen LogP contribution in [0, 0.1) is 0 Å². The number of fused-ring (bicyclic) bond motifs is 1. The number of phenolic OH excluding ortho intramolecular Hbond substituents is 1. The fourth-order valence-electron chi connectivity index (χ4n) is 4.84. The zero-order valence-corrected chi connectivity index (χ0v) is 24.6. The van der Waals surface area contributed by atoms with Gasteiger partial charge in [0, 0.05) is 11.1 Å². The molecule has 0 spiro atoms. The Bertz CT molecular complexity index is 1870. The van der Waals surface area contributed by atoms with E-state index in [1.54, 1.807) is 31.2 Å². The van der Waals surface area contributed by atoms with Crippen molar-refractivity contribution in [2.75, 3.05) is 18.6 Å². The van der Waals surface area contributed by atoms with Crippen LogP contribution in [0.3, 0.4) is 0 Å². The molecule has 12 heteroatoms. The number of benzene rings is 3. The fourth-order valence-corrected chi connectivity index (χ4v) is 6.66. The second-order valence-electron chi connectivity index (χ2n) is 9.44. The molecule has 0 saturated heterocycles. The number of carbonyl (C=O) groups excluding carboxylic acids is 2. The number of aromatic nitrogens is 2. The lowest BCUT2D eigenvalue weighted by molar-refractivity contribution is -0.117. The molecule has 1 atom stereocenters. The first kappa shape index (κ1) is 28.3. The van der Waals surface area contributed by atoms with Crippen molar-refractivity contribution in [2.45, 2.75) is 23.1 Å². The van der Waals surface area contributed by atoms with Gasteiger partial charge in [-0.2, -0.15) is 0 Å². The van der Waals surface area contributed by atoms with Crippen LogP contribution >= 0.6 is 23.1 Å². The molecule has 3 aromatic carbocycles. The van der Waals surface area contributed by atoms with Crippen molar-refractivity contribution >= 4 is 50.9 Å². The van der Waals surface area contributed by atoms with Gasteiger partial charge in [0.25, 0.3) is 5.91 Å². The lowest BCUT2D eigenvalue weighted by Gasteiger charge is -2.24. The molecule has 0 saturated carbocycles. The van der Waals surface area contributed by atoms with Crippen LogP contribution in [0.1, 0.15) is 34.6 Å². The molecule has 0 fully saturated rings. The minimum atomic E-state index is -1.12. The Kier molecular flexibility index (Phi) is 7.78. The van der Waals surface area contributed by atoms with Crippen molar-refractivity contribution in [1.29, 1.82) is 0 Å². The molecule has 2 N–H and O–H groups in total. The number of amides is 1. The quantitative estimate of drug-likeness (QED) is 0.102. The average molecular weight is 616 g/mol. The summed E-state index contributed by atoms with van der Waals surface area (Å²) in [7, 11) is 1.49.